The lowest BCUT2D eigenvalue weighted by Gasteiger charge is -2.30. The minimum absolute atomic E-state index is 0.0250. The molecule has 0 unspecified atom stereocenters. The van der Waals surface area contributed by atoms with E-state index in [0.717, 1.165) is 0 Å². The number of hydrogen-bond donors (Lipinski definition) is 1. The molecule has 0 spiro atoms. The van der Waals surface area contributed by atoms with Crippen LogP contribution in [0.4, 0.5) is 5.69 Å². The first kappa shape index (κ1) is 17.0. The molecule has 1 N–H and O–H groups in total. The summed E-state index contributed by atoms with van der Waals surface area (Å²) in [5, 5.41) is 20.3. The number of likely N-dealkylation sites (tertiary alicyclic amines) is 1. The molecule has 8 nitrogen and oxygen atoms in total. The highest BCUT2D eigenvalue weighted by Crippen LogP contribution is 2.35. The van der Waals surface area contributed by atoms with E-state index in [1.807, 2.05) is 4.90 Å². The van der Waals surface area contributed by atoms with Crippen LogP contribution < -0.4 is 9.47 Å². The van der Waals surface area contributed by atoms with E-state index in [9.17, 15) is 14.9 Å². The molecule has 0 saturated carbocycles. The summed E-state index contributed by atoms with van der Waals surface area (Å²) in [6.07, 6.45) is 1.10. The van der Waals surface area contributed by atoms with Crippen molar-refractivity contribution in [1.29, 1.82) is 0 Å². The molecule has 2 rings (SSSR count). The number of piperidine rings is 1. The summed E-state index contributed by atoms with van der Waals surface area (Å²) in [5.74, 6) is -0.352. The number of nitro groups is 1. The zero-order valence-corrected chi connectivity index (χ0v) is 13.2. The summed E-state index contributed by atoms with van der Waals surface area (Å²) in [7, 11) is 2.91. The quantitative estimate of drug-likeness (QED) is 0.630. The first-order chi connectivity index (χ1) is 11.0. The molecule has 0 aliphatic carbocycles. The predicted octanol–water partition coefficient (Wildman–Crippen LogP) is 1.91. The largest absolute Gasteiger partial charge is 0.493 e. The summed E-state index contributed by atoms with van der Waals surface area (Å²) >= 11 is 0. The van der Waals surface area contributed by atoms with Crippen LogP contribution in [0.15, 0.2) is 12.1 Å². The molecule has 1 aromatic carbocycles. The number of methoxy groups -OCH3 is 2. The fraction of sp³-hybridized carbons (Fsp3) is 0.533. The monoisotopic (exact) mass is 324 g/mol. The molecular formula is C15H20N2O6. The number of carboxylic acids is 1. The van der Waals surface area contributed by atoms with Gasteiger partial charge in [-0.25, -0.2) is 0 Å². The Morgan fingerprint density at radius 1 is 1.30 bits per heavy atom. The number of ether oxygens (including phenoxy) is 2. The number of hydrogen-bond acceptors (Lipinski definition) is 6. The van der Waals surface area contributed by atoms with E-state index in [2.05, 4.69) is 0 Å². The maximum absolute atomic E-state index is 11.3. The Morgan fingerprint density at radius 3 is 2.35 bits per heavy atom. The molecule has 8 heteroatoms. The Labute approximate surface area is 133 Å². The summed E-state index contributed by atoms with van der Waals surface area (Å²) in [6.45, 7) is 1.58. The average molecular weight is 324 g/mol. The first-order valence-electron chi connectivity index (χ1n) is 7.30. The van der Waals surface area contributed by atoms with E-state index in [-0.39, 0.29) is 11.6 Å². The Bertz CT molecular complexity index is 596. The summed E-state index contributed by atoms with van der Waals surface area (Å²) < 4.78 is 10.3. The Kier molecular flexibility index (Phi) is 5.38. The summed E-state index contributed by atoms with van der Waals surface area (Å²) in [6, 6.07) is 2.97. The fourth-order valence-corrected chi connectivity index (χ4v) is 2.79. The Hall–Kier alpha value is -2.35. The van der Waals surface area contributed by atoms with Crippen LogP contribution >= 0.6 is 0 Å². The maximum atomic E-state index is 11.3. The van der Waals surface area contributed by atoms with E-state index in [1.54, 1.807) is 6.07 Å². The Balaban J connectivity index is 2.19. The minimum atomic E-state index is -0.776. The van der Waals surface area contributed by atoms with E-state index in [4.69, 9.17) is 14.6 Å². The van der Waals surface area contributed by atoms with Crippen LogP contribution in [0.1, 0.15) is 18.4 Å². The van der Waals surface area contributed by atoms with Crippen molar-refractivity contribution in [3.05, 3.63) is 27.8 Å². The molecule has 1 aliphatic rings. The molecule has 1 saturated heterocycles. The molecule has 0 atom stereocenters. The van der Waals surface area contributed by atoms with Gasteiger partial charge in [-0.1, -0.05) is 0 Å². The van der Waals surface area contributed by atoms with Crippen LogP contribution in [0.2, 0.25) is 0 Å². The standard InChI is InChI=1S/C15H20N2O6/c1-22-13-7-11(12(17(20)21)8-14(13)23-2)9-16-5-3-10(4-6-16)15(18)19/h7-8,10H,3-6,9H2,1-2H3,(H,18,19). The normalized spacial score (nSPS) is 16.1. The molecule has 23 heavy (non-hydrogen) atoms. The topological polar surface area (TPSA) is 102 Å². The second-order valence-electron chi connectivity index (χ2n) is 5.48. The second-order valence-corrected chi connectivity index (χ2v) is 5.48. The van der Waals surface area contributed by atoms with Crippen molar-refractivity contribution in [3.63, 3.8) is 0 Å². The highest BCUT2D eigenvalue weighted by molar-refractivity contribution is 5.70. The van der Waals surface area contributed by atoms with Crippen molar-refractivity contribution in [2.45, 2.75) is 19.4 Å². The van der Waals surface area contributed by atoms with Gasteiger partial charge < -0.3 is 14.6 Å². The van der Waals surface area contributed by atoms with Gasteiger partial charge in [-0.15, -0.1) is 0 Å². The predicted molar refractivity (Wildman–Crippen MR) is 81.8 cm³/mol. The van der Waals surface area contributed by atoms with Crippen LogP contribution in [0, 0.1) is 16.0 Å². The van der Waals surface area contributed by atoms with Gasteiger partial charge >= 0.3 is 5.97 Å². The van der Waals surface area contributed by atoms with Gasteiger partial charge in [0.2, 0.25) is 0 Å². The molecule has 1 aliphatic heterocycles. The number of nitrogens with zero attached hydrogens (tertiary/aromatic N) is 2. The molecular weight excluding hydrogens is 304 g/mol. The molecule has 0 aromatic heterocycles. The number of carboxylic acid groups (broad SMARTS) is 1. The molecule has 1 heterocycles. The molecule has 0 amide bonds. The highest BCUT2D eigenvalue weighted by atomic mass is 16.6. The number of carbonyl (C=O) groups is 1. The van der Waals surface area contributed by atoms with Gasteiger partial charge in [-0.2, -0.15) is 0 Å². The van der Waals surface area contributed by atoms with Crippen LogP contribution in [0.5, 0.6) is 11.5 Å². The lowest BCUT2D eigenvalue weighted by atomic mass is 9.96. The third-order valence-electron chi connectivity index (χ3n) is 4.11. The highest BCUT2D eigenvalue weighted by Gasteiger charge is 2.27. The van der Waals surface area contributed by atoms with Crippen LogP contribution in [0.25, 0.3) is 0 Å². The van der Waals surface area contributed by atoms with Crippen LogP contribution in [-0.4, -0.2) is 48.2 Å². The first-order valence-corrected chi connectivity index (χ1v) is 7.30. The van der Waals surface area contributed by atoms with E-state index < -0.39 is 10.9 Å². The van der Waals surface area contributed by atoms with Crippen molar-refractivity contribution in [2.24, 2.45) is 5.92 Å². The fourth-order valence-electron chi connectivity index (χ4n) is 2.79. The van der Waals surface area contributed by atoms with E-state index in [1.165, 1.54) is 20.3 Å². The molecule has 1 aromatic rings. The summed E-state index contributed by atoms with van der Waals surface area (Å²) in [4.78, 5) is 23.8. The van der Waals surface area contributed by atoms with Gasteiger partial charge in [0.1, 0.15) is 0 Å². The van der Waals surface area contributed by atoms with Gasteiger partial charge in [0.05, 0.1) is 31.1 Å². The SMILES string of the molecule is COc1cc(CN2CCC(C(=O)O)CC2)c([N+](=O)[O-])cc1OC. The summed E-state index contributed by atoms with van der Waals surface area (Å²) in [5.41, 5.74) is 0.504. The second kappa shape index (κ2) is 7.28. The van der Waals surface area contributed by atoms with Gasteiger partial charge in [0.25, 0.3) is 5.69 Å². The van der Waals surface area contributed by atoms with E-state index in [0.29, 0.717) is 49.5 Å². The lowest BCUT2D eigenvalue weighted by Crippen LogP contribution is -2.35. The smallest absolute Gasteiger partial charge is 0.306 e. The number of aliphatic carboxylic acids is 1. The number of rotatable bonds is 6. The van der Waals surface area contributed by atoms with Gasteiger partial charge in [0.15, 0.2) is 11.5 Å². The van der Waals surface area contributed by atoms with Crippen LogP contribution in [0.3, 0.4) is 0 Å². The zero-order valence-electron chi connectivity index (χ0n) is 13.2. The van der Waals surface area contributed by atoms with Gasteiger partial charge in [-0.3, -0.25) is 19.8 Å². The number of benzene rings is 1. The Morgan fingerprint density at radius 2 is 1.87 bits per heavy atom. The van der Waals surface area contributed by atoms with E-state index >= 15 is 0 Å². The third kappa shape index (κ3) is 3.89. The van der Waals surface area contributed by atoms with Crippen LogP contribution in [-0.2, 0) is 11.3 Å². The molecule has 0 radical (unpaired) electrons. The molecule has 0 bridgehead atoms. The zero-order chi connectivity index (χ0) is 17.0. The van der Waals surface area contributed by atoms with Crippen molar-refractivity contribution >= 4 is 11.7 Å². The van der Waals surface area contributed by atoms with Crippen molar-refractivity contribution in [3.8, 4) is 11.5 Å². The maximum Gasteiger partial charge on any atom is 0.306 e. The lowest BCUT2D eigenvalue weighted by molar-refractivity contribution is -0.385. The molecule has 126 valence electrons. The van der Waals surface area contributed by atoms with Crippen molar-refractivity contribution in [1.82, 2.24) is 4.90 Å². The van der Waals surface area contributed by atoms with Gasteiger partial charge in [-0.05, 0) is 32.0 Å². The third-order valence-corrected chi connectivity index (χ3v) is 4.11. The minimum Gasteiger partial charge on any atom is -0.493 e. The number of nitro benzene ring substituents is 1. The molecule has 1 fully saturated rings. The van der Waals surface area contributed by atoms with Gasteiger partial charge in [0, 0.05) is 12.1 Å². The average Bonchev–Trinajstić information content (AvgIpc) is 2.54. The van der Waals surface area contributed by atoms with Crippen molar-refractivity contribution < 1.29 is 24.3 Å². The van der Waals surface area contributed by atoms with Crippen molar-refractivity contribution in [2.75, 3.05) is 27.3 Å².